The fourth-order valence-corrected chi connectivity index (χ4v) is 3.09. The summed E-state index contributed by atoms with van der Waals surface area (Å²) in [5.74, 6) is 2.05. The van der Waals surface area contributed by atoms with Gasteiger partial charge in [0.25, 0.3) is 0 Å². The first-order valence-corrected chi connectivity index (χ1v) is 8.13. The van der Waals surface area contributed by atoms with Gasteiger partial charge in [-0.3, -0.25) is 10.3 Å². The molecule has 0 radical (unpaired) electrons. The number of hydrogen-bond acceptors (Lipinski definition) is 4. The van der Waals surface area contributed by atoms with Gasteiger partial charge in [-0.25, -0.2) is 0 Å². The molecule has 4 nitrogen and oxygen atoms in total. The second kappa shape index (κ2) is 8.17. The molecule has 0 fully saturated rings. The Bertz CT molecular complexity index is 451. The molecule has 1 atom stereocenters. The Labute approximate surface area is 126 Å². The summed E-state index contributed by atoms with van der Waals surface area (Å²) in [7, 11) is 3.80. The number of ether oxygens (including phenoxy) is 1. The van der Waals surface area contributed by atoms with Crippen molar-refractivity contribution in [2.24, 2.45) is 5.73 Å². The molecule has 0 spiro atoms. The highest BCUT2D eigenvalue weighted by atomic mass is 32.2. The fraction of sp³-hybridized carbons (Fsp3) is 0.533. The molecule has 0 aliphatic rings. The summed E-state index contributed by atoms with van der Waals surface area (Å²) in [6.07, 6.45) is 3.25. The second-order valence-electron chi connectivity index (χ2n) is 4.87. The van der Waals surface area contributed by atoms with Crippen molar-refractivity contribution in [3.8, 4) is 5.75 Å². The van der Waals surface area contributed by atoms with Gasteiger partial charge in [-0.1, -0.05) is 6.92 Å². The molecule has 20 heavy (non-hydrogen) atoms. The molecule has 1 aromatic rings. The molecule has 0 bridgehead atoms. The normalized spacial score (nSPS) is 12.4. The monoisotopic (exact) mass is 295 g/mol. The zero-order valence-corrected chi connectivity index (χ0v) is 13.6. The summed E-state index contributed by atoms with van der Waals surface area (Å²) in [6.45, 7) is 3.00. The van der Waals surface area contributed by atoms with Gasteiger partial charge in [-0.15, -0.1) is 0 Å². The summed E-state index contributed by atoms with van der Waals surface area (Å²) >= 11 is 1.86. The van der Waals surface area contributed by atoms with E-state index in [1.807, 2.05) is 30.0 Å². The molecular weight excluding hydrogens is 270 g/mol. The maximum atomic E-state index is 7.55. The van der Waals surface area contributed by atoms with Gasteiger partial charge in [0.1, 0.15) is 11.6 Å². The zero-order chi connectivity index (χ0) is 15.1. The van der Waals surface area contributed by atoms with E-state index >= 15 is 0 Å². The van der Waals surface area contributed by atoms with Gasteiger partial charge in [0.05, 0.1) is 7.11 Å². The van der Waals surface area contributed by atoms with Crippen LogP contribution in [0.15, 0.2) is 18.2 Å². The number of rotatable bonds is 8. The Morgan fingerprint density at radius 1 is 1.50 bits per heavy atom. The summed E-state index contributed by atoms with van der Waals surface area (Å²) in [6, 6.07) is 6.19. The van der Waals surface area contributed by atoms with Gasteiger partial charge in [0.15, 0.2) is 0 Å². The average molecular weight is 295 g/mol. The Balaban J connectivity index is 2.93. The Morgan fingerprint density at radius 3 is 2.70 bits per heavy atom. The van der Waals surface area contributed by atoms with Crippen LogP contribution in [-0.2, 0) is 6.54 Å². The van der Waals surface area contributed by atoms with Crippen LogP contribution in [-0.4, -0.2) is 42.9 Å². The van der Waals surface area contributed by atoms with Gasteiger partial charge >= 0.3 is 0 Å². The lowest BCUT2D eigenvalue weighted by atomic mass is 10.1. The second-order valence-corrected chi connectivity index (χ2v) is 5.78. The summed E-state index contributed by atoms with van der Waals surface area (Å²) < 4.78 is 5.41. The number of benzene rings is 1. The van der Waals surface area contributed by atoms with Crippen molar-refractivity contribution in [1.82, 2.24) is 4.90 Å². The third-order valence-corrected chi connectivity index (χ3v) is 4.18. The molecule has 5 heteroatoms. The van der Waals surface area contributed by atoms with Crippen LogP contribution in [0.3, 0.4) is 0 Å². The van der Waals surface area contributed by atoms with Crippen LogP contribution in [0.25, 0.3) is 0 Å². The van der Waals surface area contributed by atoms with E-state index in [2.05, 4.69) is 25.1 Å². The zero-order valence-electron chi connectivity index (χ0n) is 12.8. The van der Waals surface area contributed by atoms with Gasteiger partial charge in [0.2, 0.25) is 0 Å². The SMILES string of the molecule is CCC(CSC)N(C)Cc1cc(C(=N)N)ccc1OC. The maximum absolute atomic E-state index is 7.55. The number of methoxy groups -OCH3 is 1. The molecular formula is C15H25N3OS. The van der Waals surface area contributed by atoms with Crippen molar-refractivity contribution in [2.75, 3.05) is 26.2 Å². The molecule has 0 aliphatic carbocycles. The summed E-state index contributed by atoms with van der Waals surface area (Å²) in [4.78, 5) is 2.33. The first kappa shape index (κ1) is 16.9. The van der Waals surface area contributed by atoms with Crippen LogP contribution in [0.2, 0.25) is 0 Å². The van der Waals surface area contributed by atoms with Crippen molar-refractivity contribution in [3.05, 3.63) is 29.3 Å². The van der Waals surface area contributed by atoms with Crippen LogP contribution in [0.4, 0.5) is 0 Å². The lowest BCUT2D eigenvalue weighted by molar-refractivity contribution is 0.244. The van der Waals surface area contributed by atoms with E-state index in [0.29, 0.717) is 6.04 Å². The van der Waals surface area contributed by atoms with E-state index < -0.39 is 0 Å². The smallest absolute Gasteiger partial charge is 0.123 e. The largest absolute Gasteiger partial charge is 0.496 e. The third kappa shape index (κ3) is 4.42. The highest BCUT2D eigenvalue weighted by molar-refractivity contribution is 7.98. The molecule has 0 aliphatic heterocycles. The van der Waals surface area contributed by atoms with E-state index in [1.54, 1.807) is 7.11 Å². The topological polar surface area (TPSA) is 62.3 Å². The van der Waals surface area contributed by atoms with E-state index in [1.165, 1.54) is 0 Å². The van der Waals surface area contributed by atoms with Crippen LogP contribution < -0.4 is 10.5 Å². The van der Waals surface area contributed by atoms with Gasteiger partial charge in [-0.05, 0) is 37.9 Å². The minimum Gasteiger partial charge on any atom is -0.496 e. The van der Waals surface area contributed by atoms with Crippen molar-refractivity contribution in [3.63, 3.8) is 0 Å². The molecule has 0 saturated carbocycles. The molecule has 3 N–H and O–H groups in total. The third-order valence-electron chi connectivity index (χ3n) is 3.46. The molecule has 112 valence electrons. The van der Waals surface area contributed by atoms with Crippen LogP contribution >= 0.6 is 11.8 Å². The minimum atomic E-state index is 0.0905. The molecule has 0 heterocycles. The van der Waals surface area contributed by atoms with E-state index in [0.717, 1.165) is 35.6 Å². The van der Waals surface area contributed by atoms with Crippen molar-refractivity contribution in [1.29, 1.82) is 5.41 Å². The maximum Gasteiger partial charge on any atom is 0.123 e. The molecule has 1 unspecified atom stereocenters. The molecule has 0 saturated heterocycles. The highest BCUT2D eigenvalue weighted by Crippen LogP contribution is 2.23. The minimum absolute atomic E-state index is 0.0905. The molecule has 0 amide bonds. The van der Waals surface area contributed by atoms with Crippen molar-refractivity contribution < 1.29 is 4.74 Å². The van der Waals surface area contributed by atoms with E-state index in [-0.39, 0.29) is 5.84 Å². The predicted octanol–water partition coefficient (Wildman–Crippen LogP) is 2.55. The number of nitrogen functional groups attached to an aromatic ring is 1. The fourth-order valence-electron chi connectivity index (χ4n) is 2.22. The van der Waals surface area contributed by atoms with Gasteiger partial charge in [-0.2, -0.15) is 11.8 Å². The number of amidine groups is 1. The summed E-state index contributed by atoms with van der Waals surface area (Å²) in [5, 5.41) is 7.55. The molecule has 1 rings (SSSR count). The molecule has 0 aromatic heterocycles. The number of nitrogens with one attached hydrogen (secondary N) is 1. The predicted molar refractivity (Wildman–Crippen MR) is 87.9 cm³/mol. The first-order valence-electron chi connectivity index (χ1n) is 6.73. The Morgan fingerprint density at radius 2 is 2.20 bits per heavy atom. The van der Waals surface area contributed by atoms with E-state index in [4.69, 9.17) is 15.9 Å². The highest BCUT2D eigenvalue weighted by Gasteiger charge is 2.15. The standard InChI is InChI=1S/C15H25N3OS/c1-5-13(10-20-4)18(2)9-12-8-11(15(16)17)6-7-14(12)19-3/h6-8,13H,5,9-10H2,1-4H3,(H3,16,17). The number of nitrogens with two attached hydrogens (primary N) is 1. The summed E-state index contributed by atoms with van der Waals surface area (Å²) in [5.41, 5.74) is 7.38. The van der Waals surface area contributed by atoms with Crippen molar-refractivity contribution >= 4 is 17.6 Å². The number of hydrogen-bond donors (Lipinski definition) is 2. The first-order chi connectivity index (χ1) is 9.53. The van der Waals surface area contributed by atoms with Gasteiger partial charge < -0.3 is 10.5 Å². The number of thioether (sulfide) groups is 1. The Kier molecular flexibility index (Phi) is 6.88. The lowest BCUT2D eigenvalue weighted by Crippen LogP contribution is -2.32. The van der Waals surface area contributed by atoms with Crippen molar-refractivity contribution in [2.45, 2.75) is 25.9 Å². The van der Waals surface area contributed by atoms with Crippen LogP contribution in [0, 0.1) is 5.41 Å². The van der Waals surface area contributed by atoms with Crippen LogP contribution in [0.5, 0.6) is 5.75 Å². The average Bonchev–Trinajstić information content (AvgIpc) is 2.44. The lowest BCUT2D eigenvalue weighted by Gasteiger charge is -2.27. The quantitative estimate of drug-likeness (QED) is 0.571. The van der Waals surface area contributed by atoms with Gasteiger partial charge in [0, 0.05) is 29.5 Å². The molecule has 1 aromatic carbocycles. The van der Waals surface area contributed by atoms with E-state index in [9.17, 15) is 0 Å². The van der Waals surface area contributed by atoms with Crippen LogP contribution in [0.1, 0.15) is 24.5 Å². The Hall–Kier alpha value is -1.20. The number of nitrogens with zero attached hydrogens (tertiary/aromatic N) is 1.